The summed E-state index contributed by atoms with van der Waals surface area (Å²) >= 11 is 7.89. The Balaban J connectivity index is 2.34. The van der Waals surface area contributed by atoms with Gasteiger partial charge in [0.1, 0.15) is 0 Å². The maximum absolute atomic E-state index is 12.9. The third-order valence-corrected chi connectivity index (χ3v) is 4.97. The summed E-state index contributed by atoms with van der Waals surface area (Å²) in [4.78, 5) is 14.6. The molecule has 2 rings (SSSR count). The fourth-order valence-corrected chi connectivity index (χ4v) is 3.23. The van der Waals surface area contributed by atoms with Crippen molar-refractivity contribution in [2.75, 3.05) is 6.61 Å². The average Bonchev–Trinajstić information content (AvgIpc) is 3.02. The normalized spacial score (nSPS) is 12.2. The summed E-state index contributed by atoms with van der Waals surface area (Å²) < 4.78 is 0. The van der Waals surface area contributed by atoms with Gasteiger partial charge in [0.15, 0.2) is 0 Å². The highest BCUT2D eigenvalue weighted by Gasteiger charge is 2.25. The molecule has 0 radical (unpaired) electrons. The molecule has 118 valence electrons. The smallest absolute Gasteiger partial charge is 0.256 e. The minimum atomic E-state index is -0.219. The molecule has 1 amide bonds. The molecule has 3 nitrogen and oxygen atoms in total. The number of halogens is 1. The second kappa shape index (κ2) is 7.77. The number of hydrogen-bond donors (Lipinski definition) is 1. The third kappa shape index (κ3) is 3.69. The molecule has 0 bridgehead atoms. The molecule has 0 fully saturated rings. The highest BCUT2D eigenvalue weighted by Crippen LogP contribution is 2.24. The number of aryl methyl sites for hydroxylation is 1. The highest BCUT2D eigenvalue weighted by atomic mass is 35.5. The van der Waals surface area contributed by atoms with Gasteiger partial charge in [0.25, 0.3) is 5.91 Å². The number of thiophene rings is 1. The maximum atomic E-state index is 12.9. The fraction of sp³-hybridized carbons (Fsp3) is 0.353. The van der Waals surface area contributed by atoms with E-state index >= 15 is 0 Å². The van der Waals surface area contributed by atoms with Crippen LogP contribution in [0.15, 0.2) is 35.0 Å². The summed E-state index contributed by atoms with van der Waals surface area (Å²) in [5.74, 6) is -0.138. The zero-order chi connectivity index (χ0) is 16.1. The topological polar surface area (TPSA) is 40.5 Å². The van der Waals surface area contributed by atoms with Crippen molar-refractivity contribution in [1.29, 1.82) is 0 Å². The fourth-order valence-electron chi connectivity index (χ4n) is 2.36. The Bertz CT molecular complexity index is 624. The molecule has 1 heterocycles. The lowest BCUT2D eigenvalue weighted by Gasteiger charge is -2.30. The minimum Gasteiger partial charge on any atom is -0.394 e. The van der Waals surface area contributed by atoms with Gasteiger partial charge in [-0.05, 0) is 47.4 Å². The van der Waals surface area contributed by atoms with Gasteiger partial charge in [-0.3, -0.25) is 4.79 Å². The van der Waals surface area contributed by atoms with Gasteiger partial charge in [-0.25, -0.2) is 0 Å². The first kappa shape index (κ1) is 17.0. The number of aliphatic hydroxyl groups is 1. The maximum Gasteiger partial charge on any atom is 0.256 e. The Morgan fingerprint density at radius 3 is 2.77 bits per heavy atom. The number of carbonyl (C=O) groups is 1. The lowest BCUT2D eigenvalue weighted by molar-refractivity contribution is 0.0564. The molecular weight excluding hydrogens is 318 g/mol. The van der Waals surface area contributed by atoms with E-state index in [1.54, 1.807) is 22.3 Å². The van der Waals surface area contributed by atoms with Crippen LogP contribution in [0.25, 0.3) is 0 Å². The summed E-state index contributed by atoms with van der Waals surface area (Å²) in [7, 11) is 0. The molecule has 1 aromatic carbocycles. The molecule has 1 aromatic heterocycles. The molecule has 0 saturated heterocycles. The van der Waals surface area contributed by atoms with Crippen molar-refractivity contribution in [2.45, 2.75) is 32.9 Å². The van der Waals surface area contributed by atoms with E-state index in [0.717, 1.165) is 11.1 Å². The van der Waals surface area contributed by atoms with Crippen LogP contribution in [0.1, 0.15) is 34.8 Å². The molecule has 0 spiro atoms. The summed E-state index contributed by atoms with van der Waals surface area (Å²) in [6, 6.07) is 7.22. The number of rotatable bonds is 6. The van der Waals surface area contributed by atoms with Crippen molar-refractivity contribution < 1.29 is 9.90 Å². The van der Waals surface area contributed by atoms with Gasteiger partial charge in [-0.15, -0.1) is 0 Å². The molecule has 0 aliphatic heterocycles. The molecule has 1 N–H and O–H groups in total. The van der Waals surface area contributed by atoms with E-state index in [1.165, 1.54) is 0 Å². The van der Waals surface area contributed by atoms with Gasteiger partial charge in [0.05, 0.1) is 23.2 Å². The molecular formula is C17H20ClNO2S. The van der Waals surface area contributed by atoms with E-state index < -0.39 is 0 Å². The van der Waals surface area contributed by atoms with Crippen molar-refractivity contribution in [3.63, 3.8) is 0 Å². The number of aliphatic hydroxyl groups excluding tert-OH is 1. The largest absolute Gasteiger partial charge is 0.394 e. The van der Waals surface area contributed by atoms with Gasteiger partial charge in [0.2, 0.25) is 0 Å². The van der Waals surface area contributed by atoms with Crippen LogP contribution in [0.3, 0.4) is 0 Å². The van der Waals surface area contributed by atoms with Crippen LogP contribution >= 0.6 is 22.9 Å². The van der Waals surface area contributed by atoms with Crippen molar-refractivity contribution in [2.24, 2.45) is 0 Å². The van der Waals surface area contributed by atoms with Gasteiger partial charge < -0.3 is 10.0 Å². The molecule has 22 heavy (non-hydrogen) atoms. The predicted octanol–water partition coefficient (Wildman–Crippen LogP) is 4.12. The first-order valence-corrected chi connectivity index (χ1v) is 8.58. The summed E-state index contributed by atoms with van der Waals surface area (Å²) in [6.07, 6.45) is 0.690. The van der Waals surface area contributed by atoms with E-state index in [9.17, 15) is 9.90 Å². The van der Waals surface area contributed by atoms with Crippen LogP contribution in [0.4, 0.5) is 0 Å². The first-order valence-electron chi connectivity index (χ1n) is 7.26. The number of amides is 1. The molecule has 2 aromatic rings. The molecule has 0 aliphatic rings. The highest BCUT2D eigenvalue weighted by molar-refractivity contribution is 7.07. The lowest BCUT2D eigenvalue weighted by Crippen LogP contribution is -2.41. The number of carbonyl (C=O) groups excluding carboxylic acids is 1. The summed E-state index contributed by atoms with van der Waals surface area (Å²) in [5, 5.41) is 14.1. The molecule has 0 aliphatic carbocycles. The van der Waals surface area contributed by atoms with Crippen LogP contribution in [0.5, 0.6) is 0 Å². The average molecular weight is 338 g/mol. The second-order valence-electron chi connectivity index (χ2n) is 5.25. The minimum absolute atomic E-state index is 0.0597. The van der Waals surface area contributed by atoms with E-state index in [4.69, 9.17) is 11.6 Å². The summed E-state index contributed by atoms with van der Waals surface area (Å²) in [6.45, 7) is 4.26. The van der Waals surface area contributed by atoms with Crippen LogP contribution in [0, 0.1) is 6.92 Å². The zero-order valence-electron chi connectivity index (χ0n) is 12.8. The van der Waals surface area contributed by atoms with Crippen molar-refractivity contribution >= 4 is 28.8 Å². The van der Waals surface area contributed by atoms with Gasteiger partial charge in [0, 0.05) is 6.54 Å². The first-order chi connectivity index (χ1) is 10.6. The molecule has 1 atom stereocenters. The molecule has 0 saturated carbocycles. The van der Waals surface area contributed by atoms with Crippen LogP contribution in [-0.2, 0) is 6.54 Å². The van der Waals surface area contributed by atoms with Gasteiger partial charge in [-0.2, -0.15) is 11.3 Å². The van der Waals surface area contributed by atoms with Crippen LogP contribution in [-0.4, -0.2) is 28.6 Å². The SMILES string of the molecule is CCC(CO)N(Cc1ccsc1)C(=O)c1cccc(C)c1Cl. The zero-order valence-corrected chi connectivity index (χ0v) is 14.3. The van der Waals surface area contributed by atoms with E-state index in [0.29, 0.717) is 23.6 Å². The molecule has 1 unspecified atom stereocenters. The van der Waals surface area contributed by atoms with Crippen LogP contribution < -0.4 is 0 Å². The second-order valence-corrected chi connectivity index (χ2v) is 6.40. The quantitative estimate of drug-likeness (QED) is 0.861. The third-order valence-electron chi connectivity index (χ3n) is 3.74. The lowest BCUT2D eigenvalue weighted by atomic mass is 10.1. The van der Waals surface area contributed by atoms with Crippen molar-refractivity contribution in [3.8, 4) is 0 Å². The van der Waals surface area contributed by atoms with E-state index in [2.05, 4.69) is 0 Å². The Morgan fingerprint density at radius 1 is 1.41 bits per heavy atom. The predicted molar refractivity (Wildman–Crippen MR) is 91.5 cm³/mol. The number of hydrogen-bond acceptors (Lipinski definition) is 3. The van der Waals surface area contributed by atoms with Gasteiger partial charge in [-0.1, -0.05) is 30.7 Å². The molecule has 5 heteroatoms. The van der Waals surface area contributed by atoms with Crippen molar-refractivity contribution in [1.82, 2.24) is 4.90 Å². The summed E-state index contributed by atoms with van der Waals surface area (Å²) in [5.41, 5.74) is 2.43. The van der Waals surface area contributed by atoms with E-state index in [-0.39, 0.29) is 18.6 Å². The Labute approximate surface area is 140 Å². The van der Waals surface area contributed by atoms with Gasteiger partial charge >= 0.3 is 0 Å². The Kier molecular flexibility index (Phi) is 6.00. The monoisotopic (exact) mass is 337 g/mol. The number of nitrogens with zero attached hydrogens (tertiary/aromatic N) is 1. The standard InChI is InChI=1S/C17H20ClNO2S/c1-3-14(10-20)19(9-13-7-8-22-11-13)17(21)15-6-4-5-12(2)16(15)18/h4-8,11,14,20H,3,9-10H2,1-2H3. The van der Waals surface area contributed by atoms with Crippen molar-refractivity contribution in [3.05, 3.63) is 56.7 Å². The van der Waals surface area contributed by atoms with E-state index in [1.807, 2.05) is 42.8 Å². The Morgan fingerprint density at radius 2 is 2.18 bits per heavy atom. The van der Waals surface area contributed by atoms with Crippen LogP contribution in [0.2, 0.25) is 5.02 Å². The Hall–Kier alpha value is -1.36. The number of benzene rings is 1.